The molecule has 1 unspecified atom stereocenters. The molecule has 0 aliphatic carbocycles. The molecule has 1 N–H and O–H groups in total. The van der Waals surface area contributed by atoms with Crippen molar-refractivity contribution in [3.63, 3.8) is 0 Å². The average Bonchev–Trinajstić information content (AvgIpc) is 2.16. The summed E-state index contributed by atoms with van der Waals surface area (Å²) in [5, 5.41) is 18.2. The normalized spacial score (nSPS) is 11.7. The molecule has 0 radical (unpaired) electrons. The van der Waals surface area contributed by atoms with Crippen molar-refractivity contribution < 1.29 is 5.11 Å². The van der Waals surface area contributed by atoms with Gasteiger partial charge < -0.3 is 5.11 Å². The van der Waals surface area contributed by atoms with Crippen LogP contribution in [0, 0.1) is 11.3 Å². The maximum atomic E-state index is 9.38. The standard InChI is InChI=1S/C11H11NO/c1-3-8(2)9-5-4-6-11(13)10(9)7-12/h3-6,8,13H,1H2,2H3. The van der Waals surface area contributed by atoms with Crippen LogP contribution in [0.4, 0.5) is 0 Å². The summed E-state index contributed by atoms with van der Waals surface area (Å²) in [6.07, 6.45) is 1.75. The summed E-state index contributed by atoms with van der Waals surface area (Å²) in [5.74, 6) is 0.121. The zero-order valence-electron chi connectivity index (χ0n) is 7.49. The second-order valence-electron chi connectivity index (χ2n) is 2.88. The van der Waals surface area contributed by atoms with Gasteiger partial charge in [-0.2, -0.15) is 5.26 Å². The van der Waals surface area contributed by atoms with Gasteiger partial charge in [0.2, 0.25) is 0 Å². The molecule has 0 aliphatic rings. The Hall–Kier alpha value is -1.75. The summed E-state index contributed by atoms with van der Waals surface area (Å²) in [5.41, 5.74) is 1.16. The van der Waals surface area contributed by atoms with Gasteiger partial charge in [0.25, 0.3) is 0 Å². The zero-order chi connectivity index (χ0) is 9.84. The fourth-order valence-electron chi connectivity index (χ4n) is 1.19. The molecule has 0 aromatic heterocycles. The molecule has 0 heterocycles. The highest BCUT2D eigenvalue weighted by Crippen LogP contribution is 2.26. The summed E-state index contributed by atoms with van der Waals surface area (Å²) in [6.45, 7) is 5.58. The molecule has 1 aromatic carbocycles. The van der Waals surface area contributed by atoms with E-state index < -0.39 is 0 Å². The van der Waals surface area contributed by atoms with E-state index in [-0.39, 0.29) is 11.7 Å². The van der Waals surface area contributed by atoms with Crippen LogP contribution in [0.1, 0.15) is 24.0 Å². The number of aromatic hydroxyl groups is 1. The van der Waals surface area contributed by atoms with Crippen molar-refractivity contribution in [2.45, 2.75) is 12.8 Å². The molecule has 0 saturated heterocycles. The Kier molecular flexibility index (Phi) is 2.71. The molecular weight excluding hydrogens is 162 g/mol. The van der Waals surface area contributed by atoms with E-state index in [1.807, 2.05) is 19.1 Å². The monoisotopic (exact) mass is 173 g/mol. The Morgan fingerprint density at radius 3 is 2.85 bits per heavy atom. The summed E-state index contributed by atoms with van der Waals surface area (Å²) in [4.78, 5) is 0. The van der Waals surface area contributed by atoms with Crippen LogP contribution in [-0.4, -0.2) is 5.11 Å². The van der Waals surface area contributed by atoms with Crippen LogP contribution in [0.3, 0.4) is 0 Å². The number of hydrogen-bond acceptors (Lipinski definition) is 2. The number of rotatable bonds is 2. The second kappa shape index (κ2) is 3.77. The van der Waals surface area contributed by atoms with Gasteiger partial charge in [-0.25, -0.2) is 0 Å². The number of phenolic OH excluding ortho intramolecular Hbond substituents is 1. The number of hydrogen-bond donors (Lipinski definition) is 1. The molecular formula is C11H11NO. The minimum atomic E-state index is 0.0358. The number of nitrogens with zero attached hydrogens (tertiary/aromatic N) is 1. The van der Waals surface area contributed by atoms with Crippen molar-refractivity contribution in [2.75, 3.05) is 0 Å². The fourth-order valence-corrected chi connectivity index (χ4v) is 1.19. The maximum Gasteiger partial charge on any atom is 0.133 e. The van der Waals surface area contributed by atoms with Crippen LogP contribution in [0.15, 0.2) is 30.9 Å². The van der Waals surface area contributed by atoms with Crippen molar-refractivity contribution in [1.29, 1.82) is 5.26 Å². The number of benzene rings is 1. The molecule has 0 saturated carbocycles. The van der Waals surface area contributed by atoms with Crippen molar-refractivity contribution in [3.05, 3.63) is 42.0 Å². The zero-order valence-corrected chi connectivity index (χ0v) is 7.49. The molecule has 1 rings (SSSR count). The van der Waals surface area contributed by atoms with Crippen LogP contribution in [-0.2, 0) is 0 Å². The van der Waals surface area contributed by atoms with Crippen molar-refractivity contribution in [3.8, 4) is 11.8 Å². The summed E-state index contributed by atoms with van der Waals surface area (Å²) in [6, 6.07) is 7.04. The quantitative estimate of drug-likeness (QED) is 0.698. The number of nitriles is 1. The Labute approximate surface area is 77.8 Å². The molecule has 1 atom stereocenters. The summed E-state index contributed by atoms with van der Waals surface area (Å²) in [7, 11) is 0. The first-order valence-electron chi connectivity index (χ1n) is 4.05. The predicted molar refractivity (Wildman–Crippen MR) is 51.4 cm³/mol. The van der Waals surface area contributed by atoms with Crippen LogP contribution >= 0.6 is 0 Å². The highest BCUT2D eigenvalue weighted by molar-refractivity contribution is 5.50. The van der Waals surface area contributed by atoms with Crippen LogP contribution in [0.25, 0.3) is 0 Å². The van der Waals surface area contributed by atoms with Crippen molar-refractivity contribution >= 4 is 0 Å². The van der Waals surface area contributed by atoms with E-state index in [1.54, 1.807) is 12.1 Å². The first-order chi connectivity index (χ1) is 6.20. The van der Waals surface area contributed by atoms with Crippen LogP contribution < -0.4 is 0 Å². The van der Waals surface area contributed by atoms with E-state index in [0.29, 0.717) is 5.56 Å². The molecule has 66 valence electrons. The predicted octanol–water partition coefficient (Wildman–Crippen LogP) is 2.55. The molecule has 0 fully saturated rings. The van der Waals surface area contributed by atoms with Gasteiger partial charge in [-0.3, -0.25) is 0 Å². The Morgan fingerprint density at radius 1 is 1.62 bits per heavy atom. The largest absolute Gasteiger partial charge is 0.507 e. The summed E-state index contributed by atoms with van der Waals surface area (Å²) >= 11 is 0. The molecule has 13 heavy (non-hydrogen) atoms. The van der Waals surface area contributed by atoms with Crippen molar-refractivity contribution in [2.24, 2.45) is 0 Å². The fraction of sp³-hybridized carbons (Fsp3) is 0.182. The van der Waals surface area contributed by atoms with E-state index in [1.165, 1.54) is 6.07 Å². The first kappa shape index (κ1) is 9.34. The van der Waals surface area contributed by atoms with Gasteiger partial charge in [0.15, 0.2) is 0 Å². The molecule has 1 aromatic rings. The Morgan fingerprint density at radius 2 is 2.31 bits per heavy atom. The van der Waals surface area contributed by atoms with Gasteiger partial charge in [0.05, 0.1) is 5.56 Å². The average molecular weight is 173 g/mol. The van der Waals surface area contributed by atoms with Gasteiger partial charge in [-0.15, -0.1) is 6.58 Å². The van der Waals surface area contributed by atoms with Gasteiger partial charge in [0.1, 0.15) is 11.8 Å². The van der Waals surface area contributed by atoms with Crippen LogP contribution in [0.5, 0.6) is 5.75 Å². The van der Waals surface area contributed by atoms with Gasteiger partial charge >= 0.3 is 0 Å². The van der Waals surface area contributed by atoms with E-state index in [0.717, 1.165) is 5.56 Å². The van der Waals surface area contributed by atoms with E-state index in [9.17, 15) is 5.11 Å². The minimum Gasteiger partial charge on any atom is -0.507 e. The number of phenols is 1. The SMILES string of the molecule is C=CC(C)c1cccc(O)c1C#N. The lowest BCUT2D eigenvalue weighted by Gasteiger charge is -2.08. The lowest BCUT2D eigenvalue weighted by molar-refractivity contribution is 0.472. The third-order valence-corrected chi connectivity index (χ3v) is 2.03. The van der Waals surface area contributed by atoms with Crippen molar-refractivity contribution in [1.82, 2.24) is 0 Å². The van der Waals surface area contributed by atoms with E-state index in [2.05, 4.69) is 6.58 Å². The van der Waals surface area contributed by atoms with Gasteiger partial charge in [0, 0.05) is 5.92 Å². The first-order valence-corrected chi connectivity index (χ1v) is 4.05. The topological polar surface area (TPSA) is 44.0 Å². The van der Waals surface area contributed by atoms with E-state index in [4.69, 9.17) is 5.26 Å². The molecule has 2 nitrogen and oxygen atoms in total. The Bertz CT molecular complexity index is 363. The Balaban J connectivity index is 3.29. The molecule has 0 bridgehead atoms. The lowest BCUT2D eigenvalue weighted by atomic mass is 9.96. The van der Waals surface area contributed by atoms with Crippen LogP contribution in [0.2, 0.25) is 0 Å². The molecule has 0 spiro atoms. The molecule has 0 aliphatic heterocycles. The third kappa shape index (κ3) is 1.70. The lowest BCUT2D eigenvalue weighted by Crippen LogP contribution is -1.93. The molecule has 0 amide bonds. The third-order valence-electron chi connectivity index (χ3n) is 2.03. The smallest absolute Gasteiger partial charge is 0.133 e. The van der Waals surface area contributed by atoms with Gasteiger partial charge in [-0.05, 0) is 11.6 Å². The maximum absolute atomic E-state index is 9.38. The second-order valence-corrected chi connectivity index (χ2v) is 2.88. The summed E-state index contributed by atoms with van der Waals surface area (Å²) < 4.78 is 0. The molecule has 2 heteroatoms. The minimum absolute atomic E-state index is 0.0358. The van der Waals surface area contributed by atoms with Gasteiger partial charge in [-0.1, -0.05) is 25.1 Å². The number of allylic oxidation sites excluding steroid dienone is 1. The highest BCUT2D eigenvalue weighted by Gasteiger charge is 2.10. The van der Waals surface area contributed by atoms with E-state index >= 15 is 0 Å². The highest BCUT2D eigenvalue weighted by atomic mass is 16.3.